The van der Waals surface area contributed by atoms with Gasteiger partial charge in [-0.15, -0.1) is 0 Å². The normalized spacial score (nSPS) is 12.1. The highest BCUT2D eigenvalue weighted by Crippen LogP contribution is 2.18. The van der Waals surface area contributed by atoms with Crippen LogP contribution in [0.25, 0.3) is 0 Å². The number of rotatable bonds is 9. The summed E-state index contributed by atoms with van der Waals surface area (Å²) in [4.78, 5) is 20.2. The highest BCUT2D eigenvalue weighted by Gasteiger charge is 2.13. The lowest BCUT2D eigenvalue weighted by atomic mass is 10.0. The topological polar surface area (TPSA) is 92.5 Å². The highest BCUT2D eigenvalue weighted by atomic mass is 19.1. The molecule has 0 aliphatic carbocycles. The number of carbonyl (C=O) groups is 1. The molecule has 1 unspecified atom stereocenters. The molecule has 1 aromatic carbocycles. The fourth-order valence-electron chi connectivity index (χ4n) is 1.90. The van der Waals surface area contributed by atoms with Gasteiger partial charge in [-0.1, -0.05) is 13.0 Å². The quantitative estimate of drug-likeness (QED) is 0.415. The molecule has 1 rings (SSSR count). The minimum absolute atomic E-state index is 0.161. The van der Waals surface area contributed by atoms with Gasteiger partial charge in [-0.2, -0.15) is 4.39 Å². The van der Waals surface area contributed by atoms with Gasteiger partial charge >= 0.3 is 11.7 Å². The number of benzene rings is 1. The Labute approximate surface area is 122 Å². The van der Waals surface area contributed by atoms with Crippen LogP contribution in [0, 0.1) is 21.8 Å². The summed E-state index contributed by atoms with van der Waals surface area (Å²) in [6.07, 6.45) is 1.61. The Hall–Kier alpha value is -2.02. The number of nitrogens with one attached hydrogen (secondary N) is 1. The molecule has 0 aliphatic rings. The first kappa shape index (κ1) is 17.0. The fraction of sp³-hybridized carbons (Fsp3) is 0.500. The van der Waals surface area contributed by atoms with Crippen LogP contribution in [-0.4, -0.2) is 22.5 Å². The van der Waals surface area contributed by atoms with Crippen molar-refractivity contribution in [1.29, 1.82) is 0 Å². The minimum Gasteiger partial charge on any atom is -0.481 e. The lowest BCUT2D eigenvalue weighted by molar-refractivity contribution is -0.387. The number of aliphatic carboxylic acids is 1. The third kappa shape index (κ3) is 6.31. The Balaban J connectivity index is 2.31. The van der Waals surface area contributed by atoms with Crippen LogP contribution in [0.5, 0.6) is 0 Å². The van der Waals surface area contributed by atoms with Gasteiger partial charge in [-0.05, 0) is 36.9 Å². The van der Waals surface area contributed by atoms with E-state index in [1.165, 1.54) is 6.07 Å². The molecular formula is C14H19FN2O4. The van der Waals surface area contributed by atoms with E-state index in [0.717, 1.165) is 18.6 Å². The van der Waals surface area contributed by atoms with Gasteiger partial charge < -0.3 is 10.4 Å². The largest absolute Gasteiger partial charge is 0.481 e. The molecule has 7 heteroatoms. The third-order valence-electron chi connectivity index (χ3n) is 3.20. The van der Waals surface area contributed by atoms with E-state index in [4.69, 9.17) is 5.11 Å². The Kier molecular flexibility index (Phi) is 6.74. The van der Waals surface area contributed by atoms with Gasteiger partial charge in [-0.3, -0.25) is 14.9 Å². The molecule has 1 atom stereocenters. The maximum Gasteiger partial charge on any atom is 0.304 e. The van der Waals surface area contributed by atoms with Crippen LogP contribution < -0.4 is 5.32 Å². The summed E-state index contributed by atoms with van der Waals surface area (Å²) in [5, 5.41) is 22.2. The number of nitro benzene ring substituents is 1. The summed E-state index contributed by atoms with van der Waals surface area (Å²) in [6, 6.07) is 3.82. The van der Waals surface area contributed by atoms with Crippen molar-refractivity contribution in [2.45, 2.75) is 32.7 Å². The fourth-order valence-corrected chi connectivity index (χ4v) is 1.90. The third-order valence-corrected chi connectivity index (χ3v) is 3.20. The number of carboxylic acids is 1. The van der Waals surface area contributed by atoms with Crippen LogP contribution in [0.1, 0.15) is 31.7 Å². The zero-order chi connectivity index (χ0) is 15.8. The Morgan fingerprint density at radius 2 is 2.19 bits per heavy atom. The second-order valence-electron chi connectivity index (χ2n) is 5.05. The number of nitrogens with zero attached hydrogens (tertiary/aromatic N) is 1. The van der Waals surface area contributed by atoms with Gasteiger partial charge in [0, 0.05) is 19.0 Å². The van der Waals surface area contributed by atoms with Gasteiger partial charge in [-0.25, -0.2) is 0 Å². The predicted octanol–water partition coefficient (Wildman–Crippen LogP) is 2.71. The van der Waals surface area contributed by atoms with Crippen molar-refractivity contribution in [2.75, 3.05) is 6.54 Å². The number of halogens is 1. The van der Waals surface area contributed by atoms with Crippen LogP contribution >= 0.6 is 0 Å². The summed E-state index contributed by atoms with van der Waals surface area (Å²) in [6.45, 7) is 3.08. The average Bonchev–Trinajstić information content (AvgIpc) is 2.41. The smallest absolute Gasteiger partial charge is 0.304 e. The second-order valence-corrected chi connectivity index (χ2v) is 5.05. The van der Waals surface area contributed by atoms with E-state index in [1.807, 2.05) is 6.92 Å². The van der Waals surface area contributed by atoms with Gasteiger partial charge in [0.1, 0.15) is 0 Å². The van der Waals surface area contributed by atoms with Crippen molar-refractivity contribution in [3.8, 4) is 0 Å². The SMILES string of the molecule is CC(CCNCc1ccc([N+](=O)[O-])c(F)c1)CCC(=O)O. The average molecular weight is 298 g/mol. The summed E-state index contributed by atoms with van der Waals surface area (Å²) >= 11 is 0. The summed E-state index contributed by atoms with van der Waals surface area (Å²) < 4.78 is 13.4. The van der Waals surface area contributed by atoms with E-state index in [1.54, 1.807) is 0 Å². The van der Waals surface area contributed by atoms with Crippen LogP contribution in [0.2, 0.25) is 0 Å². The summed E-state index contributed by atoms with van der Waals surface area (Å²) in [7, 11) is 0. The number of hydrogen-bond acceptors (Lipinski definition) is 4. The van der Waals surface area contributed by atoms with E-state index in [-0.39, 0.29) is 6.42 Å². The van der Waals surface area contributed by atoms with Gasteiger partial charge in [0.05, 0.1) is 4.92 Å². The molecule has 0 saturated heterocycles. The van der Waals surface area contributed by atoms with Gasteiger partial charge in [0.2, 0.25) is 5.82 Å². The van der Waals surface area contributed by atoms with E-state index >= 15 is 0 Å². The van der Waals surface area contributed by atoms with E-state index in [0.29, 0.717) is 31.0 Å². The van der Waals surface area contributed by atoms with Crippen molar-refractivity contribution < 1.29 is 19.2 Å². The van der Waals surface area contributed by atoms with E-state index < -0.39 is 22.4 Å². The number of carboxylic acid groups (broad SMARTS) is 1. The van der Waals surface area contributed by atoms with Crippen molar-refractivity contribution in [1.82, 2.24) is 5.32 Å². The molecule has 0 bridgehead atoms. The molecule has 21 heavy (non-hydrogen) atoms. The predicted molar refractivity (Wildman–Crippen MR) is 75.4 cm³/mol. The van der Waals surface area contributed by atoms with Crippen molar-refractivity contribution in [3.63, 3.8) is 0 Å². The lowest BCUT2D eigenvalue weighted by Gasteiger charge is -2.10. The van der Waals surface area contributed by atoms with Crippen molar-refractivity contribution in [3.05, 3.63) is 39.7 Å². The van der Waals surface area contributed by atoms with Crippen molar-refractivity contribution in [2.24, 2.45) is 5.92 Å². The minimum atomic E-state index is -0.839. The lowest BCUT2D eigenvalue weighted by Crippen LogP contribution is -2.17. The Morgan fingerprint density at radius 1 is 1.48 bits per heavy atom. The van der Waals surface area contributed by atoms with Crippen LogP contribution in [-0.2, 0) is 11.3 Å². The first-order valence-electron chi connectivity index (χ1n) is 6.75. The first-order chi connectivity index (χ1) is 9.90. The molecule has 0 spiro atoms. The van der Waals surface area contributed by atoms with E-state index in [2.05, 4.69) is 5.32 Å². The van der Waals surface area contributed by atoms with Crippen LogP contribution in [0.15, 0.2) is 18.2 Å². The summed E-state index contributed by atoms with van der Waals surface area (Å²) in [5.41, 5.74) is 0.109. The molecule has 1 aromatic rings. The molecule has 0 aromatic heterocycles. The maximum absolute atomic E-state index is 13.4. The Morgan fingerprint density at radius 3 is 2.76 bits per heavy atom. The van der Waals surface area contributed by atoms with Gasteiger partial charge in [0.15, 0.2) is 0 Å². The number of nitro groups is 1. The van der Waals surface area contributed by atoms with Crippen LogP contribution in [0.3, 0.4) is 0 Å². The van der Waals surface area contributed by atoms with E-state index in [9.17, 15) is 19.3 Å². The Bertz CT molecular complexity index is 508. The molecular weight excluding hydrogens is 279 g/mol. The molecule has 6 nitrogen and oxygen atoms in total. The molecule has 0 heterocycles. The molecule has 0 fully saturated rings. The zero-order valence-corrected chi connectivity index (χ0v) is 11.8. The van der Waals surface area contributed by atoms with Gasteiger partial charge in [0.25, 0.3) is 0 Å². The second kappa shape index (κ2) is 8.31. The molecule has 116 valence electrons. The molecule has 0 saturated carbocycles. The highest BCUT2D eigenvalue weighted by molar-refractivity contribution is 5.66. The van der Waals surface area contributed by atoms with Crippen molar-refractivity contribution >= 4 is 11.7 Å². The summed E-state index contributed by atoms with van der Waals surface area (Å²) in [5.74, 6) is -1.34. The molecule has 0 aliphatic heterocycles. The first-order valence-corrected chi connectivity index (χ1v) is 6.75. The molecule has 0 amide bonds. The molecule has 2 N–H and O–H groups in total. The standard InChI is InChI=1S/C14H19FN2O4/c1-10(2-5-14(18)19)6-7-16-9-11-3-4-13(17(20)21)12(15)8-11/h3-4,8,10,16H,2,5-7,9H2,1H3,(H,18,19). The number of hydrogen-bond donors (Lipinski definition) is 2. The maximum atomic E-state index is 13.4. The molecule has 0 radical (unpaired) electrons. The monoisotopic (exact) mass is 298 g/mol. The zero-order valence-electron chi connectivity index (χ0n) is 11.8. The van der Waals surface area contributed by atoms with Crippen LogP contribution in [0.4, 0.5) is 10.1 Å².